The van der Waals surface area contributed by atoms with Gasteiger partial charge in [0, 0.05) is 22.7 Å². The Balaban J connectivity index is 1.24. The number of hydrogen-bond donors (Lipinski definition) is 2. The first-order valence-corrected chi connectivity index (χ1v) is 11.2. The molecule has 2 aromatic carbocycles. The number of ether oxygens (including phenoxy) is 1. The first kappa shape index (κ1) is 21.7. The van der Waals surface area contributed by atoms with Crippen LogP contribution in [-0.4, -0.2) is 22.8 Å². The highest BCUT2D eigenvalue weighted by atomic mass is 32.1. The molecule has 0 unspecified atom stereocenters. The number of anilines is 2. The zero-order chi connectivity index (χ0) is 22.5. The Morgan fingerprint density at radius 2 is 1.66 bits per heavy atom. The van der Waals surface area contributed by atoms with Gasteiger partial charge in [0.05, 0.1) is 17.7 Å². The smallest absolute Gasteiger partial charge is 0.338 e. The van der Waals surface area contributed by atoms with Gasteiger partial charge in [-0.25, -0.2) is 9.78 Å². The first-order chi connectivity index (χ1) is 15.5. The molecule has 8 heteroatoms. The van der Waals surface area contributed by atoms with Crippen molar-refractivity contribution in [3.63, 3.8) is 0 Å². The van der Waals surface area contributed by atoms with Crippen molar-refractivity contribution in [2.24, 2.45) is 5.92 Å². The number of rotatable bonds is 8. The van der Waals surface area contributed by atoms with Crippen molar-refractivity contribution in [1.29, 1.82) is 0 Å². The van der Waals surface area contributed by atoms with Gasteiger partial charge in [0.15, 0.2) is 0 Å². The van der Waals surface area contributed by atoms with Gasteiger partial charge in [-0.1, -0.05) is 17.7 Å². The second kappa shape index (κ2) is 9.74. The minimum atomic E-state index is -0.475. The van der Waals surface area contributed by atoms with Gasteiger partial charge in [0.1, 0.15) is 11.6 Å². The van der Waals surface area contributed by atoms with Crippen LogP contribution in [0.3, 0.4) is 0 Å². The molecule has 0 atom stereocenters. The molecule has 0 bridgehead atoms. The van der Waals surface area contributed by atoms with Crippen LogP contribution in [0.1, 0.15) is 39.5 Å². The molecule has 32 heavy (non-hydrogen) atoms. The van der Waals surface area contributed by atoms with Crippen molar-refractivity contribution in [3.05, 3.63) is 75.7 Å². The molecular formula is C24H23N3O4S. The molecule has 2 N–H and O–H groups in total. The van der Waals surface area contributed by atoms with Crippen molar-refractivity contribution < 1.29 is 19.1 Å². The van der Waals surface area contributed by atoms with Crippen molar-refractivity contribution in [1.82, 2.24) is 4.98 Å². The number of benzene rings is 2. The summed E-state index contributed by atoms with van der Waals surface area (Å²) < 4.78 is 5.33. The van der Waals surface area contributed by atoms with Gasteiger partial charge < -0.3 is 15.4 Å². The number of amides is 2. The summed E-state index contributed by atoms with van der Waals surface area (Å²) in [5.41, 5.74) is 3.51. The number of nitrogens with one attached hydrogen (secondary N) is 2. The summed E-state index contributed by atoms with van der Waals surface area (Å²) in [6, 6.07) is 14.2. The van der Waals surface area contributed by atoms with Crippen LogP contribution in [0.2, 0.25) is 0 Å². The van der Waals surface area contributed by atoms with Crippen LogP contribution in [0.25, 0.3) is 0 Å². The topological polar surface area (TPSA) is 97.4 Å². The zero-order valence-corrected chi connectivity index (χ0v) is 18.4. The molecule has 0 radical (unpaired) electrons. The highest BCUT2D eigenvalue weighted by molar-refractivity contribution is 7.09. The van der Waals surface area contributed by atoms with E-state index in [9.17, 15) is 14.4 Å². The third-order valence-electron chi connectivity index (χ3n) is 4.93. The van der Waals surface area contributed by atoms with Gasteiger partial charge in [-0.3, -0.25) is 9.59 Å². The maximum absolute atomic E-state index is 12.3. The van der Waals surface area contributed by atoms with E-state index in [1.54, 1.807) is 29.6 Å². The lowest BCUT2D eigenvalue weighted by Crippen LogP contribution is -2.14. The van der Waals surface area contributed by atoms with E-state index in [-0.39, 0.29) is 30.8 Å². The molecule has 1 fully saturated rings. The fraction of sp³-hybridized carbons (Fsp3) is 0.250. The normalized spacial score (nSPS) is 12.8. The van der Waals surface area contributed by atoms with Crippen molar-refractivity contribution in [3.8, 4) is 0 Å². The quantitative estimate of drug-likeness (QED) is 0.499. The summed E-state index contributed by atoms with van der Waals surface area (Å²) in [5, 5.41) is 8.10. The highest BCUT2D eigenvalue weighted by Gasteiger charge is 2.29. The largest absolute Gasteiger partial charge is 0.456 e. The van der Waals surface area contributed by atoms with E-state index in [0.717, 1.165) is 24.1 Å². The Morgan fingerprint density at radius 1 is 1.00 bits per heavy atom. The van der Waals surface area contributed by atoms with Crippen LogP contribution in [0, 0.1) is 12.8 Å². The summed E-state index contributed by atoms with van der Waals surface area (Å²) >= 11 is 1.35. The highest BCUT2D eigenvalue weighted by Crippen LogP contribution is 2.30. The molecule has 1 saturated carbocycles. The maximum Gasteiger partial charge on any atom is 0.338 e. The standard InChI is InChI=1S/C24H23N3O4S/c1-15-2-8-18(9-3-15)25-21(28)12-22-26-20(14-32-22)13-31-24(30)17-6-10-19(11-7-17)27-23(29)16-4-5-16/h2-3,6-11,14,16H,4-5,12-13H2,1H3,(H,25,28)(H,27,29). The van der Waals surface area contributed by atoms with E-state index < -0.39 is 5.97 Å². The number of aromatic nitrogens is 1. The maximum atomic E-state index is 12.3. The van der Waals surface area contributed by atoms with Crippen molar-refractivity contribution in [2.45, 2.75) is 32.8 Å². The molecule has 0 spiro atoms. The second-order valence-corrected chi connectivity index (χ2v) is 8.68. The Hall–Kier alpha value is -3.52. The van der Waals surface area contributed by atoms with Gasteiger partial charge in [-0.15, -0.1) is 11.3 Å². The Labute approximate surface area is 189 Å². The van der Waals surface area contributed by atoms with Crippen LogP contribution < -0.4 is 10.6 Å². The summed E-state index contributed by atoms with van der Waals surface area (Å²) in [5.74, 6) is -0.485. The molecule has 1 aromatic heterocycles. The summed E-state index contributed by atoms with van der Waals surface area (Å²) in [4.78, 5) is 40.7. The van der Waals surface area contributed by atoms with E-state index in [1.807, 2.05) is 31.2 Å². The Morgan fingerprint density at radius 3 is 2.34 bits per heavy atom. The van der Waals surface area contributed by atoms with Crippen molar-refractivity contribution in [2.75, 3.05) is 10.6 Å². The van der Waals surface area contributed by atoms with E-state index in [0.29, 0.717) is 22.0 Å². The number of esters is 1. The van der Waals surface area contributed by atoms with E-state index in [2.05, 4.69) is 15.6 Å². The number of aryl methyl sites for hydroxylation is 1. The predicted octanol–water partition coefficient (Wildman–Crippen LogP) is 4.34. The first-order valence-electron chi connectivity index (χ1n) is 10.3. The monoisotopic (exact) mass is 449 g/mol. The molecule has 0 saturated heterocycles. The number of nitrogens with zero attached hydrogens (tertiary/aromatic N) is 1. The van der Waals surface area contributed by atoms with Crippen molar-refractivity contribution >= 4 is 40.5 Å². The average molecular weight is 450 g/mol. The molecule has 2 amide bonds. The second-order valence-electron chi connectivity index (χ2n) is 7.74. The molecule has 164 valence electrons. The molecule has 1 aliphatic carbocycles. The Bertz CT molecular complexity index is 1120. The molecule has 4 rings (SSSR count). The minimum Gasteiger partial charge on any atom is -0.456 e. The van der Waals surface area contributed by atoms with Crippen LogP contribution in [0.15, 0.2) is 53.9 Å². The molecule has 3 aromatic rings. The van der Waals surface area contributed by atoms with Gasteiger partial charge in [-0.2, -0.15) is 0 Å². The van der Waals surface area contributed by atoms with E-state index in [1.165, 1.54) is 11.3 Å². The molecular weight excluding hydrogens is 426 g/mol. The fourth-order valence-electron chi connectivity index (χ4n) is 2.98. The molecule has 0 aliphatic heterocycles. The Kier molecular flexibility index (Phi) is 6.61. The van der Waals surface area contributed by atoms with Gasteiger partial charge >= 0.3 is 5.97 Å². The lowest BCUT2D eigenvalue weighted by molar-refractivity contribution is -0.117. The van der Waals surface area contributed by atoms with Crippen LogP contribution in [0.5, 0.6) is 0 Å². The third-order valence-corrected chi connectivity index (χ3v) is 5.83. The SMILES string of the molecule is Cc1ccc(NC(=O)Cc2nc(COC(=O)c3ccc(NC(=O)C4CC4)cc3)cs2)cc1. The number of carbonyl (C=O) groups excluding carboxylic acids is 3. The van der Waals surface area contributed by atoms with E-state index in [4.69, 9.17) is 4.74 Å². The van der Waals surface area contributed by atoms with E-state index >= 15 is 0 Å². The lowest BCUT2D eigenvalue weighted by atomic mass is 10.2. The third kappa shape index (κ3) is 6.01. The molecule has 7 nitrogen and oxygen atoms in total. The van der Waals surface area contributed by atoms with Gasteiger partial charge in [-0.05, 0) is 56.2 Å². The van der Waals surface area contributed by atoms with Crippen LogP contribution in [0.4, 0.5) is 11.4 Å². The summed E-state index contributed by atoms with van der Waals surface area (Å²) in [6.07, 6.45) is 2.03. The predicted molar refractivity (Wildman–Crippen MR) is 123 cm³/mol. The minimum absolute atomic E-state index is 0.0206. The lowest BCUT2D eigenvalue weighted by Gasteiger charge is -2.06. The van der Waals surface area contributed by atoms with Gasteiger partial charge in [0.2, 0.25) is 11.8 Å². The number of thiazole rings is 1. The van der Waals surface area contributed by atoms with Crippen LogP contribution >= 0.6 is 11.3 Å². The fourth-order valence-corrected chi connectivity index (χ4v) is 3.76. The molecule has 1 aliphatic rings. The number of hydrogen-bond acceptors (Lipinski definition) is 6. The van der Waals surface area contributed by atoms with Crippen LogP contribution in [-0.2, 0) is 27.4 Å². The number of carbonyl (C=O) groups is 3. The zero-order valence-electron chi connectivity index (χ0n) is 17.6. The molecule has 1 heterocycles. The average Bonchev–Trinajstić information content (AvgIpc) is 3.55. The van der Waals surface area contributed by atoms with Gasteiger partial charge in [0.25, 0.3) is 0 Å². The summed E-state index contributed by atoms with van der Waals surface area (Å²) in [7, 11) is 0. The summed E-state index contributed by atoms with van der Waals surface area (Å²) in [6.45, 7) is 2.01.